The van der Waals surface area contributed by atoms with Gasteiger partial charge in [-0.15, -0.1) is 0 Å². The first kappa shape index (κ1) is 20.4. The van der Waals surface area contributed by atoms with Crippen molar-refractivity contribution in [1.29, 1.82) is 0 Å². The third-order valence-corrected chi connectivity index (χ3v) is 6.29. The van der Waals surface area contributed by atoms with E-state index in [1.165, 1.54) is 25.7 Å². The Hall–Kier alpha value is -2.88. The summed E-state index contributed by atoms with van der Waals surface area (Å²) in [5.74, 6) is 0.875. The van der Waals surface area contributed by atoms with Gasteiger partial charge in [0.1, 0.15) is 6.61 Å². The monoisotopic (exact) mass is 403 g/mol. The fourth-order valence-electron chi connectivity index (χ4n) is 4.63. The Labute approximate surface area is 178 Å². The normalized spacial score (nSPS) is 21.2. The quantitative estimate of drug-likeness (QED) is 0.512. The van der Waals surface area contributed by atoms with Gasteiger partial charge in [0.2, 0.25) is 5.91 Å². The number of hydrogen-bond acceptors (Lipinski definition) is 3. The van der Waals surface area contributed by atoms with Crippen molar-refractivity contribution in [1.82, 2.24) is 4.90 Å². The minimum atomic E-state index is -0.423. The summed E-state index contributed by atoms with van der Waals surface area (Å²) in [6.07, 6.45) is 6.86. The average molecular weight is 404 g/mol. The van der Waals surface area contributed by atoms with Gasteiger partial charge in [0, 0.05) is 18.7 Å². The van der Waals surface area contributed by atoms with Crippen molar-refractivity contribution in [3.05, 3.63) is 77.4 Å². The lowest BCUT2D eigenvalue weighted by Crippen LogP contribution is -2.30. The first-order valence-corrected chi connectivity index (χ1v) is 10.9. The highest BCUT2D eigenvalue weighted by Gasteiger charge is 2.36. The molecule has 1 amide bonds. The van der Waals surface area contributed by atoms with E-state index >= 15 is 0 Å². The molecule has 4 heteroatoms. The average Bonchev–Trinajstić information content (AvgIpc) is 3.23. The Morgan fingerprint density at radius 1 is 0.900 bits per heavy atom. The third-order valence-electron chi connectivity index (χ3n) is 6.29. The van der Waals surface area contributed by atoms with E-state index in [1.54, 1.807) is 6.08 Å². The van der Waals surface area contributed by atoms with E-state index in [0.29, 0.717) is 17.4 Å². The van der Waals surface area contributed by atoms with Crippen molar-refractivity contribution in [3.8, 4) is 0 Å². The maximum Gasteiger partial charge on any atom is 0.334 e. The minimum absolute atomic E-state index is 0.0308. The van der Waals surface area contributed by atoms with Crippen molar-refractivity contribution in [3.63, 3.8) is 0 Å². The van der Waals surface area contributed by atoms with Crippen LogP contribution in [0.1, 0.15) is 43.2 Å². The molecule has 4 nitrogen and oxygen atoms in total. The van der Waals surface area contributed by atoms with E-state index in [0.717, 1.165) is 24.2 Å². The van der Waals surface area contributed by atoms with E-state index < -0.39 is 5.97 Å². The summed E-state index contributed by atoms with van der Waals surface area (Å²) < 4.78 is 5.54. The summed E-state index contributed by atoms with van der Waals surface area (Å²) >= 11 is 0. The molecule has 1 aliphatic carbocycles. The molecule has 0 bridgehead atoms. The molecule has 1 saturated carbocycles. The standard InChI is InChI=1S/C26H29NO3/c28-25(27-17-22-13-7-8-14-23(22)18-27)16-24(15-20-9-3-1-4-10-20)26(29)30-19-21-11-5-2-6-12-21/h1-6,9-12,15,22-23H,7-8,13-14,16-19H2/t22-,23+. The Morgan fingerprint density at radius 3 is 2.13 bits per heavy atom. The third kappa shape index (κ3) is 5.18. The van der Waals surface area contributed by atoms with Crippen LogP contribution in [0.4, 0.5) is 0 Å². The van der Waals surface area contributed by atoms with Crippen LogP contribution in [0.25, 0.3) is 6.08 Å². The number of carbonyl (C=O) groups is 2. The second-order valence-electron chi connectivity index (χ2n) is 8.42. The van der Waals surface area contributed by atoms with Gasteiger partial charge < -0.3 is 9.64 Å². The molecule has 2 aliphatic rings. The number of ether oxygens (including phenoxy) is 1. The van der Waals surface area contributed by atoms with Gasteiger partial charge in [0.25, 0.3) is 0 Å². The van der Waals surface area contributed by atoms with Crippen LogP contribution in [0.5, 0.6) is 0 Å². The molecule has 2 atom stereocenters. The lowest BCUT2D eigenvalue weighted by molar-refractivity contribution is -0.142. The number of hydrogen-bond donors (Lipinski definition) is 0. The Balaban J connectivity index is 1.45. The number of esters is 1. The summed E-state index contributed by atoms with van der Waals surface area (Å²) in [6.45, 7) is 1.87. The fraction of sp³-hybridized carbons (Fsp3) is 0.385. The van der Waals surface area contributed by atoms with E-state index in [-0.39, 0.29) is 18.9 Å². The molecule has 156 valence electrons. The van der Waals surface area contributed by atoms with Crippen molar-refractivity contribution < 1.29 is 14.3 Å². The van der Waals surface area contributed by atoms with Crippen LogP contribution in [0, 0.1) is 11.8 Å². The Kier molecular flexibility index (Phi) is 6.63. The van der Waals surface area contributed by atoms with Crippen LogP contribution in [-0.2, 0) is 20.9 Å². The molecule has 0 radical (unpaired) electrons. The van der Waals surface area contributed by atoms with Crippen LogP contribution < -0.4 is 0 Å². The van der Waals surface area contributed by atoms with Crippen molar-refractivity contribution in [2.75, 3.05) is 13.1 Å². The van der Waals surface area contributed by atoms with Gasteiger partial charge in [-0.25, -0.2) is 4.79 Å². The molecule has 0 N–H and O–H groups in total. The molecular formula is C26H29NO3. The van der Waals surface area contributed by atoms with Gasteiger partial charge in [0.05, 0.1) is 6.42 Å². The van der Waals surface area contributed by atoms with E-state index in [9.17, 15) is 9.59 Å². The van der Waals surface area contributed by atoms with Crippen LogP contribution >= 0.6 is 0 Å². The largest absolute Gasteiger partial charge is 0.457 e. The molecular weight excluding hydrogens is 374 g/mol. The molecule has 30 heavy (non-hydrogen) atoms. The molecule has 2 fully saturated rings. The fourth-order valence-corrected chi connectivity index (χ4v) is 4.63. The first-order chi connectivity index (χ1) is 14.7. The van der Waals surface area contributed by atoms with Gasteiger partial charge in [-0.3, -0.25) is 4.79 Å². The molecule has 2 aromatic carbocycles. The molecule has 0 aromatic heterocycles. The predicted molar refractivity (Wildman–Crippen MR) is 117 cm³/mol. The van der Waals surface area contributed by atoms with Gasteiger partial charge in [0.15, 0.2) is 0 Å². The number of fused-ring (bicyclic) bond motifs is 1. The minimum Gasteiger partial charge on any atom is -0.457 e. The number of rotatable bonds is 6. The summed E-state index contributed by atoms with van der Waals surface area (Å²) in [7, 11) is 0. The molecule has 1 saturated heterocycles. The topological polar surface area (TPSA) is 46.6 Å². The summed E-state index contributed by atoms with van der Waals surface area (Å²) in [5.41, 5.74) is 2.24. The lowest BCUT2D eigenvalue weighted by Gasteiger charge is -2.22. The molecule has 0 unspecified atom stereocenters. The highest BCUT2D eigenvalue weighted by molar-refractivity contribution is 5.99. The van der Waals surface area contributed by atoms with Crippen molar-refractivity contribution in [2.24, 2.45) is 11.8 Å². The number of amides is 1. The van der Waals surface area contributed by atoms with E-state index in [2.05, 4.69) is 0 Å². The number of nitrogens with zero attached hydrogens (tertiary/aromatic N) is 1. The molecule has 0 spiro atoms. The Morgan fingerprint density at radius 2 is 1.50 bits per heavy atom. The van der Waals surface area contributed by atoms with E-state index in [1.807, 2.05) is 65.6 Å². The van der Waals surface area contributed by atoms with Gasteiger partial charge in [-0.05, 0) is 41.9 Å². The van der Waals surface area contributed by atoms with Crippen LogP contribution in [0.3, 0.4) is 0 Å². The molecule has 2 aromatic rings. The maximum absolute atomic E-state index is 13.0. The van der Waals surface area contributed by atoms with Crippen LogP contribution in [0.15, 0.2) is 66.2 Å². The van der Waals surface area contributed by atoms with Crippen LogP contribution in [0.2, 0.25) is 0 Å². The van der Waals surface area contributed by atoms with Gasteiger partial charge in [-0.1, -0.05) is 73.5 Å². The lowest BCUT2D eigenvalue weighted by atomic mass is 9.82. The maximum atomic E-state index is 13.0. The smallest absolute Gasteiger partial charge is 0.334 e. The molecule has 1 aliphatic heterocycles. The second-order valence-corrected chi connectivity index (χ2v) is 8.42. The first-order valence-electron chi connectivity index (χ1n) is 10.9. The summed E-state index contributed by atoms with van der Waals surface area (Å²) in [4.78, 5) is 27.9. The van der Waals surface area contributed by atoms with Gasteiger partial charge in [-0.2, -0.15) is 0 Å². The van der Waals surface area contributed by atoms with Crippen molar-refractivity contribution in [2.45, 2.75) is 38.7 Å². The van der Waals surface area contributed by atoms with Gasteiger partial charge >= 0.3 is 5.97 Å². The zero-order chi connectivity index (χ0) is 20.8. The number of carbonyl (C=O) groups excluding carboxylic acids is 2. The predicted octanol–water partition coefficient (Wildman–Crippen LogP) is 4.85. The van der Waals surface area contributed by atoms with Crippen molar-refractivity contribution >= 4 is 18.0 Å². The zero-order valence-electron chi connectivity index (χ0n) is 17.3. The number of likely N-dealkylation sites (tertiary alicyclic amines) is 1. The number of benzene rings is 2. The SMILES string of the molecule is O=C(OCc1ccccc1)C(=Cc1ccccc1)CC(=O)N1C[C@H]2CCCC[C@H]2C1. The molecule has 4 rings (SSSR count). The molecule has 1 heterocycles. The van der Waals surface area contributed by atoms with Crippen LogP contribution in [-0.4, -0.2) is 29.9 Å². The summed E-state index contributed by atoms with van der Waals surface area (Å²) in [6, 6.07) is 19.2. The Bertz CT molecular complexity index is 877. The highest BCUT2D eigenvalue weighted by Crippen LogP contribution is 2.36. The summed E-state index contributed by atoms with van der Waals surface area (Å²) in [5, 5.41) is 0. The zero-order valence-corrected chi connectivity index (χ0v) is 17.3. The van der Waals surface area contributed by atoms with E-state index in [4.69, 9.17) is 4.74 Å². The second kappa shape index (κ2) is 9.75. The highest BCUT2D eigenvalue weighted by atomic mass is 16.5.